The zero-order chi connectivity index (χ0) is 22.3. The van der Waals surface area contributed by atoms with E-state index in [1.165, 1.54) is 16.7 Å². The first-order chi connectivity index (χ1) is 15.7. The molecule has 2 aromatic carbocycles. The second-order valence-corrected chi connectivity index (χ2v) is 8.64. The molecular weight excluding hydrogens is 424 g/mol. The standard InChI is InChI=1S/C25H28N2O4S/c1-2-31-21-10-8-20(9-11-21)22-23(32-18-19-6-4-3-5-7-19)25(29)27(24(22)28)13-12-26-14-16-30-17-15-26/h3-11H,2,12-18H2,1H3. The molecular formula is C25H28N2O4S. The number of hydrogen-bond donors (Lipinski definition) is 0. The third-order valence-electron chi connectivity index (χ3n) is 5.55. The van der Waals surface area contributed by atoms with E-state index in [2.05, 4.69) is 4.90 Å². The Balaban J connectivity index is 1.56. The largest absolute Gasteiger partial charge is 0.494 e. The van der Waals surface area contributed by atoms with Gasteiger partial charge in [0.05, 0.1) is 30.3 Å². The normalized spacial score (nSPS) is 17.3. The van der Waals surface area contributed by atoms with Gasteiger partial charge in [0.2, 0.25) is 0 Å². The molecule has 0 radical (unpaired) electrons. The maximum atomic E-state index is 13.4. The molecule has 4 rings (SSSR count). The summed E-state index contributed by atoms with van der Waals surface area (Å²) >= 11 is 1.43. The molecule has 2 heterocycles. The second kappa shape index (κ2) is 10.8. The fourth-order valence-electron chi connectivity index (χ4n) is 3.83. The molecule has 0 unspecified atom stereocenters. The number of carbonyl (C=O) groups is 2. The van der Waals surface area contributed by atoms with E-state index in [0.717, 1.165) is 30.0 Å². The minimum atomic E-state index is -0.219. The van der Waals surface area contributed by atoms with Crippen molar-refractivity contribution in [3.8, 4) is 5.75 Å². The molecule has 1 fully saturated rings. The van der Waals surface area contributed by atoms with Gasteiger partial charge in [-0.3, -0.25) is 19.4 Å². The van der Waals surface area contributed by atoms with Gasteiger partial charge in [0.1, 0.15) is 5.75 Å². The van der Waals surface area contributed by atoms with Crippen LogP contribution in [0.2, 0.25) is 0 Å². The number of morpholine rings is 1. The Morgan fingerprint density at radius 2 is 1.66 bits per heavy atom. The summed E-state index contributed by atoms with van der Waals surface area (Å²) in [4.78, 5) is 30.9. The molecule has 0 saturated carbocycles. The van der Waals surface area contributed by atoms with Crippen molar-refractivity contribution in [3.05, 3.63) is 70.6 Å². The third-order valence-corrected chi connectivity index (χ3v) is 6.69. The summed E-state index contributed by atoms with van der Waals surface area (Å²) in [6.45, 7) is 6.58. The topological polar surface area (TPSA) is 59.1 Å². The summed E-state index contributed by atoms with van der Waals surface area (Å²) < 4.78 is 10.9. The van der Waals surface area contributed by atoms with Gasteiger partial charge >= 0.3 is 0 Å². The van der Waals surface area contributed by atoms with Crippen molar-refractivity contribution >= 4 is 29.1 Å². The summed E-state index contributed by atoms with van der Waals surface area (Å²) in [5, 5.41) is 0. The summed E-state index contributed by atoms with van der Waals surface area (Å²) in [5.41, 5.74) is 2.35. The highest BCUT2D eigenvalue weighted by atomic mass is 32.2. The van der Waals surface area contributed by atoms with E-state index in [9.17, 15) is 9.59 Å². The van der Waals surface area contributed by atoms with E-state index in [0.29, 0.717) is 49.1 Å². The van der Waals surface area contributed by atoms with Crippen molar-refractivity contribution in [1.82, 2.24) is 9.80 Å². The number of amides is 2. The first-order valence-corrected chi connectivity index (χ1v) is 12.0. The first kappa shape index (κ1) is 22.6. The lowest BCUT2D eigenvalue weighted by atomic mass is 10.1. The second-order valence-electron chi connectivity index (χ2n) is 7.65. The molecule has 7 heteroatoms. The number of carbonyl (C=O) groups excluding carboxylic acids is 2. The maximum absolute atomic E-state index is 13.4. The van der Waals surface area contributed by atoms with Gasteiger partial charge in [-0.05, 0) is 30.2 Å². The van der Waals surface area contributed by atoms with Crippen LogP contribution < -0.4 is 4.74 Å². The Morgan fingerprint density at radius 1 is 0.938 bits per heavy atom. The lowest BCUT2D eigenvalue weighted by molar-refractivity contribution is -0.136. The molecule has 2 aliphatic rings. The number of thioether (sulfide) groups is 1. The summed E-state index contributed by atoms with van der Waals surface area (Å²) in [5.74, 6) is 0.958. The van der Waals surface area contributed by atoms with Crippen molar-refractivity contribution in [1.29, 1.82) is 0 Å². The van der Waals surface area contributed by atoms with Gasteiger partial charge in [0, 0.05) is 31.9 Å². The van der Waals surface area contributed by atoms with Crippen LogP contribution in [0, 0.1) is 0 Å². The molecule has 0 N–H and O–H groups in total. The van der Waals surface area contributed by atoms with Crippen molar-refractivity contribution in [2.45, 2.75) is 12.7 Å². The summed E-state index contributed by atoms with van der Waals surface area (Å²) in [6.07, 6.45) is 0. The average Bonchev–Trinajstić information content (AvgIpc) is 3.07. The molecule has 0 aromatic heterocycles. The van der Waals surface area contributed by atoms with Gasteiger partial charge in [-0.15, -0.1) is 11.8 Å². The van der Waals surface area contributed by atoms with Gasteiger partial charge in [-0.1, -0.05) is 42.5 Å². The van der Waals surface area contributed by atoms with Gasteiger partial charge < -0.3 is 9.47 Å². The predicted molar refractivity (Wildman–Crippen MR) is 126 cm³/mol. The number of imide groups is 1. The fraction of sp³-hybridized carbons (Fsp3) is 0.360. The van der Waals surface area contributed by atoms with Crippen LogP contribution >= 0.6 is 11.8 Å². The van der Waals surface area contributed by atoms with Crippen LogP contribution in [-0.2, 0) is 20.1 Å². The van der Waals surface area contributed by atoms with Gasteiger partial charge in [-0.2, -0.15) is 0 Å². The lowest BCUT2D eigenvalue weighted by Gasteiger charge is -2.28. The van der Waals surface area contributed by atoms with Gasteiger partial charge in [-0.25, -0.2) is 0 Å². The van der Waals surface area contributed by atoms with Crippen molar-refractivity contribution in [2.75, 3.05) is 46.0 Å². The van der Waals surface area contributed by atoms with Crippen LogP contribution in [0.1, 0.15) is 18.1 Å². The molecule has 168 valence electrons. The SMILES string of the molecule is CCOc1ccc(C2=C(SCc3ccccc3)C(=O)N(CCN3CCOCC3)C2=O)cc1. The average molecular weight is 453 g/mol. The predicted octanol–water partition coefficient (Wildman–Crippen LogP) is 3.43. The summed E-state index contributed by atoms with van der Waals surface area (Å²) in [7, 11) is 0. The fourth-order valence-corrected chi connectivity index (χ4v) is 4.91. The van der Waals surface area contributed by atoms with Crippen LogP contribution in [0.25, 0.3) is 5.57 Å². The quantitative estimate of drug-likeness (QED) is 0.544. The smallest absolute Gasteiger partial charge is 0.268 e. The van der Waals surface area contributed by atoms with E-state index < -0.39 is 0 Å². The highest BCUT2D eigenvalue weighted by molar-refractivity contribution is 8.03. The monoisotopic (exact) mass is 452 g/mol. The van der Waals surface area contributed by atoms with Crippen molar-refractivity contribution in [3.63, 3.8) is 0 Å². The van der Waals surface area contributed by atoms with E-state index in [4.69, 9.17) is 9.47 Å². The van der Waals surface area contributed by atoms with E-state index >= 15 is 0 Å². The minimum Gasteiger partial charge on any atom is -0.494 e. The number of ether oxygens (including phenoxy) is 2. The van der Waals surface area contributed by atoms with Crippen LogP contribution in [0.4, 0.5) is 0 Å². The van der Waals surface area contributed by atoms with Crippen LogP contribution in [0.3, 0.4) is 0 Å². The van der Waals surface area contributed by atoms with E-state index in [1.54, 1.807) is 0 Å². The van der Waals surface area contributed by atoms with Crippen LogP contribution in [0.5, 0.6) is 5.75 Å². The maximum Gasteiger partial charge on any atom is 0.268 e. The van der Waals surface area contributed by atoms with Crippen LogP contribution in [-0.4, -0.2) is 67.6 Å². The first-order valence-electron chi connectivity index (χ1n) is 11.0. The molecule has 0 spiro atoms. The number of rotatable bonds is 9. The molecule has 2 amide bonds. The highest BCUT2D eigenvalue weighted by Gasteiger charge is 2.39. The minimum absolute atomic E-state index is 0.201. The third kappa shape index (κ3) is 5.23. The molecule has 0 atom stereocenters. The van der Waals surface area contributed by atoms with E-state index in [-0.39, 0.29) is 11.8 Å². The molecule has 32 heavy (non-hydrogen) atoms. The van der Waals surface area contributed by atoms with Gasteiger partial charge in [0.15, 0.2) is 0 Å². The number of hydrogen-bond acceptors (Lipinski definition) is 6. The number of benzene rings is 2. The molecule has 1 saturated heterocycles. The molecule has 2 aromatic rings. The van der Waals surface area contributed by atoms with Crippen LogP contribution in [0.15, 0.2) is 59.5 Å². The van der Waals surface area contributed by atoms with Crippen molar-refractivity contribution in [2.24, 2.45) is 0 Å². The zero-order valence-corrected chi connectivity index (χ0v) is 19.1. The Labute approximate surface area is 193 Å². The van der Waals surface area contributed by atoms with E-state index in [1.807, 2.05) is 61.5 Å². The van der Waals surface area contributed by atoms with Crippen molar-refractivity contribution < 1.29 is 19.1 Å². The molecule has 0 aliphatic carbocycles. The Hall–Kier alpha value is -2.61. The molecule has 0 bridgehead atoms. The Kier molecular flexibility index (Phi) is 7.63. The Bertz CT molecular complexity index is 969. The van der Waals surface area contributed by atoms with Gasteiger partial charge in [0.25, 0.3) is 11.8 Å². The summed E-state index contributed by atoms with van der Waals surface area (Å²) in [6, 6.07) is 17.4. The number of nitrogens with zero attached hydrogens (tertiary/aromatic N) is 2. The molecule has 6 nitrogen and oxygen atoms in total. The Morgan fingerprint density at radius 3 is 2.34 bits per heavy atom. The molecule has 2 aliphatic heterocycles. The lowest BCUT2D eigenvalue weighted by Crippen LogP contribution is -2.43. The highest BCUT2D eigenvalue weighted by Crippen LogP contribution is 2.37. The zero-order valence-electron chi connectivity index (χ0n) is 18.3.